The van der Waals surface area contributed by atoms with Crippen molar-refractivity contribution in [2.45, 2.75) is 38.9 Å². The number of carboxylic acid groups (broad SMARTS) is 1. The van der Waals surface area contributed by atoms with Crippen LogP contribution in [0, 0.1) is 12.8 Å². The number of ether oxygens (including phenoxy) is 1. The molecule has 1 aromatic carbocycles. The van der Waals surface area contributed by atoms with E-state index in [2.05, 4.69) is 0 Å². The van der Waals surface area contributed by atoms with Crippen LogP contribution in [-0.2, 0) is 17.8 Å². The Morgan fingerprint density at radius 2 is 2.09 bits per heavy atom. The van der Waals surface area contributed by atoms with E-state index in [0.717, 1.165) is 16.7 Å². The Balaban J connectivity index is 1.66. The van der Waals surface area contributed by atoms with Gasteiger partial charge in [-0.3, -0.25) is 0 Å². The highest BCUT2D eigenvalue weighted by Gasteiger charge is 2.29. The maximum Gasteiger partial charge on any atom is 0.407 e. The normalized spacial score (nSPS) is 19.4. The molecule has 0 saturated carbocycles. The fraction of sp³-hybridized carbons (Fsp3) is 0.529. The molecule has 0 aromatic heterocycles. The fourth-order valence-corrected chi connectivity index (χ4v) is 3.49. The minimum atomic E-state index is -0.892. The first-order chi connectivity index (χ1) is 11.0. The summed E-state index contributed by atoms with van der Waals surface area (Å²) in [6.45, 7) is 3.21. The van der Waals surface area contributed by atoms with Crippen molar-refractivity contribution < 1.29 is 24.5 Å². The second-order valence-electron chi connectivity index (χ2n) is 6.33. The molecule has 1 unspecified atom stereocenters. The summed E-state index contributed by atoms with van der Waals surface area (Å²) >= 11 is 0. The molecular formula is C17H21NO5. The second-order valence-corrected chi connectivity index (χ2v) is 6.33. The van der Waals surface area contributed by atoms with E-state index in [9.17, 15) is 14.7 Å². The molecule has 0 bridgehead atoms. The van der Waals surface area contributed by atoms with E-state index in [-0.39, 0.29) is 11.9 Å². The van der Waals surface area contributed by atoms with Crippen molar-refractivity contribution >= 4 is 12.1 Å². The number of benzene rings is 1. The summed E-state index contributed by atoms with van der Waals surface area (Å²) in [7, 11) is 0. The number of likely N-dealkylation sites (tertiary alicyclic amines) is 1. The predicted octanol–water partition coefficient (Wildman–Crippen LogP) is 1.96. The number of fused-ring (bicyclic) bond motifs is 1. The first kappa shape index (κ1) is 15.8. The first-order valence-electron chi connectivity index (χ1n) is 7.91. The summed E-state index contributed by atoms with van der Waals surface area (Å²) in [6, 6.07) is 3.66. The molecule has 2 heterocycles. The van der Waals surface area contributed by atoms with E-state index in [1.165, 1.54) is 4.90 Å². The lowest BCUT2D eigenvalue weighted by atomic mass is 9.86. The van der Waals surface area contributed by atoms with E-state index < -0.39 is 12.2 Å². The molecule has 2 N–H and O–H groups in total. The maximum atomic E-state index is 11.6. The average molecular weight is 319 g/mol. The van der Waals surface area contributed by atoms with Gasteiger partial charge in [-0.25, -0.2) is 9.59 Å². The number of carbonyl (C=O) groups is 2. The Morgan fingerprint density at radius 1 is 1.39 bits per heavy atom. The van der Waals surface area contributed by atoms with Crippen molar-refractivity contribution in [3.05, 3.63) is 34.4 Å². The number of aliphatic hydroxyl groups excluding tert-OH is 1. The van der Waals surface area contributed by atoms with E-state index in [1.54, 1.807) is 6.07 Å². The van der Waals surface area contributed by atoms with Gasteiger partial charge in [-0.2, -0.15) is 0 Å². The number of carbonyl (C=O) groups excluding carboxylic acids is 1. The van der Waals surface area contributed by atoms with Gasteiger partial charge in [-0.05, 0) is 49.3 Å². The molecule has 3 rings (SSSR count). The molecule has 1 atom stereocenters. The second kappa shape index (κ2) is 6.20. The smallest absolute Gasteiger partial charge is 0.407 e. The number of hydrogen-bond donors (Lipinski definition) is 2. The molecule has 6 heteroatoms. The number of amides is 1. The maximum absolute atomic E-state index is 11.6. The van der Waals surface area contributed by atoms with Crippen molar-refractivity contribution in [3.63, 3.8) is 0 Å². The summed E-state index contributed by atoms with van der Waals surface area (Å²) in [4.78, 5) is 23.9. The van der Waals surface area contributed by atoms with Gasteiger partial charge >= 0.3 is 12.1 Å². The molecule has 124 valence electrons. The number of esters is 1. The summed E-state index contributed by atoms with van der Waals surface area (Å²) in [6.07, 6.45) is 0.487. The van der Waals surface area contributed by atoms with Gasteiger partial charge < -0.3 is 19.8 Å². The number of cyclic esters (lactones) is 1. The first-order valence-corrected chi connectivity index (χ1v) is 7.91. The van der Waals surface area contributed by atoms with Gasteiger partial charge in [0.15, 0.2) is 0 Å². The highest BCUT2D eigenvalue weighted by Crippen LogP contribution is 2.29. The van der Waals surface area contributed by atoms with Crippen LogP contribution in [0.2, 0.25) is 0 Å². The molecule has 1 aromatic rings. The van der Waals surface area contributed by atoms with E-state index in [0.29, 0.717) is 44.5 Å². The van der Waals surface area contributed by atoms with E-state index in [1.807, 2.05) is 13.0 Å². The Hall–Kier alpha value is -2.08. The highest BCUT2D eigenvalue weighted by molar-refractivity contribution is 5.93. The molecule has 0 aliphatic carbocycles. The minimum absolute atomic E-state index is 0.108. The Bertz CT molecular complexity index is 634. The lowest BCUT2D eigenvalue weighted by Gasteiger charge is -2.32. The molecule has 1 saturated heterocycles. The topological polar surface area (TPSA) is 87.1 Å². The molecule has 2 aliphatic heterocycles. The third-order valence-corrected chi connectivity index (χ3v) is 5.06. The third kappa shape index (κ3) is 3.03. The molecule has 1 amide bonds. The minimum Gasteiger partial charge on any atom is -0.465 e. The largest absolute Gasteiger partial charge is 0.465 e. The standard InChI is InChI=1S/C17H21NO5/c1-10-12(2-3-13-14(10)9-23-16(13)20)8-15(19)11-4-6-18(7-5-11)17(21)22/h2-3,11,15,19H,4-9H2,1H3,(H,21,22). The summed E-state index contributed by atoms with van der Waals surface area (Å²) in [5, 5.41) is 19.5. The molecule has 0 radical (unpaired) electrons. The van der Waals surface area contributed by atoms with Gasteiger partial charge in [-0.1, -0.05) is 6.07 Å². The lowest BCUT2D eigenvalue weighted by molar-refractivity contribution is 0.0534. The van der Waals surface area contributed by atoms with Crippen LogP contribution >= 0.6 is 0 Å². The number of piperidine rings is 1. The van der Waals surface area contributed by atoms with Crippen molar-refractivity contribution in [2.24, 2.45) is 5.92 Å². The zero-order chi connectivity index (χ0) is 16.6. The zero-order valence-corrected chi connectivity index (χ0v) is 13.1. The Morgan fingerprint density at radius 3 is 2.74 bits per heavy atom. The van der Waals surface area contributed by atoms with Crippen molar-refractivity contribution in [3.8, 4) is 0 Å². The van der Waals surface area contributed by atoms with Crippen molar-refractivity contribution in [1.82, 2.24) is 4.90 Å². The third-order valence-electron chi connectivity index (χ3n) is 5.06. The average Bonchev–Trinajstić information content (AvgIpc) is 2.92. The van der Waals surface area contributed by atoms with Crippen LogP contribution in [0.5, 0.6) is 0 Å². The van der Waals surface area contributed by atoms with Crippen molar-refractivity contribution in [1.29, 1.82) is 0 Å². The SMILES string of the molecule is Cc1c(CC(O)C2CCN(C(=O)O)CC2)ccc2c1COC2=O. The molecule has 2 aliphatic rings. The van der Waals surface area contributed by atoms with Crippen LogP contribution in [-0.4, -0.2) is 46.4 Å². The van der Waals surface area contributed by atoms with Gasteiger partial charge in [0.1, 0.15) is 6.61 Å². The molecule has 23 heavy (non-hydrogen) atoms. The quantitative estimate of drug-likeness (QED) is 0.832. The van der Waals surface area contributed by atoms with Gasteiger partial charge in [-0.15, -0.1) is 0 Å². The molecule has 6 nitrogen and oxygen atoms in total. The number of nitrogens with zero attached hydrogens (tertiary/aromatic N) is 1. The fourth-order valence-electron chi connectivity index (χ4n) is 3.49. The summed E-state index contributed by atoms with van der Waals surface area (Å²) in [5.74, 6) is -0.174. The van der Waals surface area contributed by atoms with Crippen molar-refractivity contribution in [2.75, 3.05) is 13.1 Å². The number of hydrogen-bond acceptors (Lipinski definition) is 4. The molecular weight excluding hydrogens is 298 g/mol. The number of rotatable bonds is 3. The predicted molar refractivity (Wildman–Crippen MR) is 82.3 cm³/mol. The molecule has 1 fully saturated rings. The van der Waals surface area contributed by atoms with Crippen LogP contribution < -0.4 is 0 Å². The highest BCUT2D eigenvalue weighted by atomic mass is 16.5. The van der Waals surface area contributed by atoms with Gasteiger partial charge in [0.05, 0.1) is 11.7 Å². The summed E-state index contributed by atoms with van der Waals surface area (Å²) < 4.78 is 5.05. The number of aliphatic hydroxyl groups is 1. The Kier molecular flexibility index (Phi) is 4.26. The monoisotopic (exact) mass is 319 g/mol. The molecule has 0 spiro atoms. The van der Waals surface area contributed by atoms with Crippen LogP contribution in [0.15, 0.2) is 12.1 Å². The summed E-state index contributed by atoms with van der Waals surface area (Å²) in [5.41, 5.74) is 3.57. The van der Waals surface area contributed by atoms with Crippen LogP contribution in [0.3, 0.4) is 0 Å². The van der Waals surface area contributed by atoms with Gasteiger partial charge in [0, 0.05) is 18.7 Å². The lowest BCUT2D eigenvalue weighted by Crippen LogP contribution is -2.41. The van der Waals surface area contributed by atoms with Gasteiger partial charge in [0.25, 0.3) is 0 Å². The van der Waals surface area contributed by atoms with Crippen LogP contribution in [0.4, 0.5) is 4.79 Å². The van der Waals surface area contributed by atoms with Crippen LogP contribution in [0.1, 0.15) is 39.9 Å². The zero-order valence-electron chi connectivity index (χ0n) is 13.1. The van der Waals surface area contributed by atoms with E-state index >= 15 is 0 Å². The van der Waals surface area contributed by atoms with E-state index in [4.69, 9.17) is 9.84 Å². The van der Waals surface area contributed by atoms with Crippen LogP contribution in [0.25, 0.3) is 0 Å². The Labute approximate surface area is 134 Å². The van der Waals surface area contributed by atoms with Gasteiger partial charge in [0.2, 0.25) is 0 Å².